The summed E-state index contributed by atoms with van der Waals surface area (Å²) >= 11 is 0. The highest BCUT2D eigenvalue weighted by Crippen LogP contribution is 2.40. The van der Waals surface area contributed by atoms with Crippen LogP contribution in [0.25, 0.3) is 0 Å². The van der Waals surface area contributed by atoms with Crippen LogP contribution < -0.4 is 5.73 Å². The van der Waals surface area contributed by atoms with E-state index in [1.54, 1.807) is 0 Å². The SMILES string of the molecule is CC1CCCCN1CC1CC(C(C)(C)C)CCC1N. The third-order valence-corrected chi connectivity index (χ3v) is 5.68. The number of rotatable bonds is 2. The first-order valence-electron chi connectivity index (χ1n) is 8.37. The molecule has 0 bridgehead atoms. The molecule has 2 heteroatoms. The molecule has 4 atom stereocenters. The lowest BCUT2D eigenvalue weighted by atomic mass is 9.67. The van der Waals surface area contributed by atoms with E-state index in [9.17, 15) is 0 Å². The lowest BCUT2D eigenvalue weighted by Crippen LogP contribution is -2.48. The molecule has 2 fully saturated rings. The van der Waals surface area contributed by atoms with E-state index < -0.39 is 0 Å². The molecule has 112 valence electrons. The normalized spacial score (nSPS) is 38.4. The zero-order valence-electron chi connectivity index (χ0n) is 13.5. The quantitative estimate of drug-likeness (QED) is 0.826. The van der Waals surface area contributed by atoms with Crippen molar-refractivity contribution in [2.24, 2.45) is 23.0 Å². The molecule has 4 unspecified atom stereocenters. The van der Waals surface area contributed by atoms with Gasteiger partial charge >= 0.3 is 0 Å². The standard InChI is InChI=1S/C17H34N2/c1-13-7-5-6-10-19(13)12-14-11-15(17(2,3)4)8-9-16(14)18/h13-16H,5-12,18H2,1-4H3. The Morgan fingerprint density at radius 1 is 1.11 bits per heavy atom. The summed E-state index contributed by atoms with van der Waals surface area (Å²) in [6.07, 6.45) is 8.08. The van der Waals surface area contributed by atoms with Gasteiger partial charge in [0.1, 0.15) is 0 Å². The van der Waals surface area contributed by atoms with Crippen LogP contribution in [-0.4, -0.2) is 30.1 Å². The highest BCUT2D eigenvalue weighted by molar-refractivity contribution is 4.89. The Hall–Kier alpha value is -0.0800. The second-order valence-corrected chi connectivity index (χ2v) is 8.14. The third-order valence-electron chi connectivity index (χ3n) is 5.68. The number of nitrogens with two attached hydrogens (primary N) is 1. The van der Waals surface area contributed by atoms with Crippen LogP contribution in [0.1, 0.15) is 66.2 Å². The van der Waals surface area contributed by atoms with E-state index in [0.29, 0.717) is 11.5 Å². The van der Waals surface area contributed by atoms with Crippen LogP contribution in [0.3, 0.4) is 0 Å². The molecule has 0 spiro atoms. The summed E-state index contributed by atoms with van der Waals surface area (Å²) in [7, 11) is 0. The van der Waals surface area contributed by atoms with Crippen molar-refractivity contribution in [2.75, 3.05) is 13.1 Å². The van der Waals surface area contributed by atoms with Crippen LogP contribution in [0, 0.1) is 17.3 Å². The third kappa shape index (κ3) is 3.95. The molecule has 1 aliphatic heterocycles. The van der Waals surface area contributed by atoms with E-state index in [1.807, 2.05) is 0 Å². The fourth-order valence-electron chi connectivity index (χ4n) is 4.01. The number of likely N-dealkylation sites (tertiary alicyclic amines) is 1. The predicted molar refractivity (Wildman–Crippen MR) is 83.1 cm³/mol. The van der Waals surface area contributed by atoms with E-state index in [2.05, 4.69) is 32.6 Å². The van der Waals surface area contributed by atoms with Gasteiger partial charge in [-0.1, -0.05) is 27.2 Å². The van der Waals surface area contributed by atoms with E-state index in [-0.39, 0.29) is 0 Å². The molecule has 2 rings (SSSR count). The molecular weight excluding hydrogens is 232 g/mol. The van der Waals surface area contributed by atoms with Crippen LogP contribution in [0.4, 0.5) is 0 Å². The highest BCUT2D eigenvalue weighted by atomic mass is 15.2. The van der Waals surface area contributed by atoms with Gasteiger partial charge in [-0.25, -0.2) is 0 Å². The van der Waals surface area contributed by atoms with E-state index in [4.69, 9.17) is 5.73 Å². The Labute approximate surface area is 120 Å². The summed E-state index contributed by atoms with van der Waals surface area (Å²) in [6, 6.07) is 1.21. The van der Waals surface area contributed by atoms with Crippen molar-refractivity contribution in [3.05, 3.63) is 0 Å². The van der Waals surface area contributed by atoms with Crippen LogP contribution >= 0.6 is 0 Å². The summed E-state index contributed by atoms with van der Waals surface area (Å²) in [5.74, 6) is 1.58. The second-order valence-electron chi connectivity index (χ2n) is 8.14. The Bertz CT molecular complexity index is 281. The molecular formula is C17H34N2. The van der Waals surface area contributed by atoms with Crippen molar-refractivity contribution >= 4 is 0 Å². The van der Waals surface area contributed by atoms with Gasteiger partial charge in [-0.3, -0.25) is 0 Å². The van der Waals surface area contributed by atoms with Crippen molar-refractivity contribution in [3.8, 4) is 0 Å². The molecule has 2 N–H and O–H groups in total. The van der Waals surface area contributed by atoms with Gasteiger partial charge in [-0.2, -0.15) is 0 Å². The minimum atomic E-state index is 0.438. The second kappa shape index (κ2) is 6.13. The summed E-state index contributed by atoms with van der Waals surface area (Å²) in [6.45, 7) is 12.1. The van der Waals surface area contributed by atoms with E-state index >= 15 is 0 Å². The molecule has 0 radical (unpaired) electrons. The van der Waals surface area contributed by atoms with Gasteiger partial charge in [0.25, 0.3) is 0 Å². The molecule has 1 saturated carbocycles. The van der Waals surface area contributed by atoms with Crippen molar-refractivity contribution in [1.82, 2.24) is 4.90 Å². The summed E-state index contributed by atoms with van der Waals surface area (Å²) in [4.78, 5) is 2.71. The van der Waals surface area contributed by atoms with Gasteiger partial charge in [0.15, 0.2) is 0 Å². The van der Waals surface area contributed by atoms with Crippen LogP contribution in [0.2, 0.25) is 0 Å². The topological polar surface area (TPSA) is 29.3 Å². The van der Waals surface area contributed by atoms with E-state index in [0.717, 1.165) is 17.9 Å². The molecule has 1 heterocycles. The smallest absolute Gasteiger partial charge is 0.00795 e. The Morgan fingerprint density at radius 2 is 1.84 bits per heavy atom. The predicted octanol–water partition coefficient (Wildman–Crippen LogP) is 3.65. The lowest BCUT2D eigenvalue weighted by molar-refractivity contribution is 0.0735. The zero-order valence-corrected chi connectivity index (χ0v) is 13.5. The van der Waals surface area contributed by atoms with Crippen LogP contribution in [-0.2, 0) is 0 Å². The van der Waals surface area contributed by atoms with Gasteiger partial charge in [0.2, 0.25) is 0 Å². The minimum absolute atomic E-state index is 0.438. The maximum absolute atomic E-state index is 6.42. The van der Waals surface area contributed by atoms with Crippen molar-refractivity contribution < 1.29 is 0 Å². The Morgan fingerprint density at radius 3 is 2.47 bits per heavy atom. The molecule has 2 nitrogen and oxygen atoms in total. The first-order chi connectivity index (χ1) is 8.88. The van der Waals surface area contributed by atoms with Gasteiger partial charge in [0, 0.05) is 18.6 Å². The first-order valence-corrected chi connectivity index (χ1v) is 8.37. The maximum atomic E-state index is 6.42. The summed E-state index contributed by atoms with van der Waals surface area (Å²) in [5.41, 5.74) is 6.87. The fraction of sp³-hybridized carbons (Fsp3) is 1.00. The minimum Gasteiger partial charge on any atom is -0.327 e. The molecule has 0 aromatic carbocycles. The molecule has 0 aromatic heterocycles. The number of piperidine rings is 1. The van der Waals surface area contributed by atoms with Crippen molar-refractivity contribution in [2.45, 2.75) is 78.3 Å². The highest BCUT2D eigenvalue weighted by Gasteiger charge is 2.35. The van der Waals surface area contributed by atoms with Crippen molar-refractivity contribution in [3.63, 3.8) is 0 Å². The number of hydrogen-bond acceptors (Lipinski definition) is 2. The van der Waals surface area contributed by atoms with Gasteiger partial charge in [-0.15, -0.1) is 0 Å². The average Bonchev–Trinajstić information content (AvgIpc) is 2.33. The fourth-order valence-corrected chi connectivity index (χ4v) is 4.01. The molecule has 0 amide bonds. The van der Waals surface area contributed by atoms with Crippen molar-refractivity contribution in [1.29, 1.82) is 0 Å². The zero-order chi connectivity index (χ0) is 14.0. The maximum Gasteiger partial charge on any atom is 0.00795 e. The Balaban J connectivity index is 1.93. The molecule has 19 heavy (non-hydrogen) atoms. The summed E-state index contributed by atoms with van der Waals surface area (Å²) < 4.78 is 0. The number of nitrogens with zero attached hydrogens (tertiary/aromatic N) is 1. The monoisotopic (exact) mass is 266 g/mol. The largest absolute Gasteiger partial charge is 0.327 e. The van der Waals surface area contributed by atoms with E-state index in [1.165, 1.54) is 51.6 Å². The lowest BCUT2D eigenvalue weighted by Gasteiger charge is -2.44. The Kier molecular flexibility index (Phi) is 4.94. The van der Waals surface area contributed by atoms with Crippen LogP contribution in [0.5, 0.6) is 0 Å². The molecule has 1 aliphatic carbocycles. The molecule has 1 saturated heterocycles. The van der Waals surface area contributed by atoms with Gasteiger partial charge in [-0.05, 0) is 62.8 Å². The number of hydrogen-bond donors (Lipinski definition) is 1. The van der Waals surface area contributed by atoms with Gasteiger partial charge < -0.3 is 10.6 Å². The first kappa shape index (κ1) is 15.3. The molecule has 0 aromatic rings. The van der Waals surface area contributed by atoms with Crippen LogP contribution in [0.15, 0.2) is 0 Å². The average molecular weight is 266 g/mol. The summed E-state index contributed by atoms with van der Waals surface area (Å²) in [5, 5.41) is 0. The molecule has 2 aliphatic rings. The van der Waals surface area contributed by atoms with Gasteiger partial charge in [0.05, 0.1) is 0 Å².